The molecule has 2 N–H and O–H groups in total. The topological polar surface area (TPSA) is 74.6 Å². The Hall–Kier alpha value is -2.60. The van der Waals surface area contributed by atoms with Gasteiger partial charge in [-0.3, -0.25) is 14.5 Å². The smallest absolute Gasteiger partial charge is 0.286 e. The third-order valence-electron chi connectivity index (χ3n) is 4.80. The molecule has 2 aromatic rings. The maximum Gasteiger partial charge on any atom is 0.286 e. The lowest BCUT2D eigenvalue weighted by atomic mass is 10.1. The minimum Gasteiger partial charge on any atom is -0.459 e. The van der Waals surface area contributed by atoms with Crippen LogP contribution in [0.15, 0.2) is 47.1 Å². The van der Waals surface area contributed by atoms with Crippen molar-refractivity contribution in [2.24, 2.45) is 0 Å². The zero-order valence-electron chi connectivity index (χ0n) is 15.6. The maximum atomic E-state index is 12.1. The average Bonchev–Trinajstić information content (AvgIpc) is 3.38. The van der Waals surface area contributed by atoms with Gasteiger partial charge in [-0.2, -0.15) is 0 Å². The number of nitrogens with zero attached hydrogens (tertiary/aromatic N) is 1. The number of hydrogen-bond donors (Lipinski definition) is 2. The monoisotopic (exact) mass is 369 g/mol. The van der Waals surface area contributed by atoms with E-state index in [1.165, 1.54) is 30.2 Å². The van der Waals surface area contributed by atoms with E-state index in [0.717, 1.165) is 19.6 Å². The fraction of sp³-hybridized carbons (Fsp3) is 0.429. The molecule has 0 aliphatic carbocycles. The van der Waals surface area contributed by atoms with Crippen molar-refractivity contribution in [3.05, 3.63) is 59.5 Å². The first kappa shape index (κ1) is 19.2. The van der Waals surface area contributed by atoms with E-state index in [-0.39, 0.29) is 17.6 Å². The minimum atomic E-state index is -0.253. The van der Waals surface area contributed by atoms with Gasteiger partial charge >= 0.3 is 0 Å². The van der Waals surface area contributed by atoms with Crippen LogP contribution in [-0.4, -0.2) is 36.3 Å². The molecule has 27 heavy (non-hydrogen) atoms. The number of rotatable bonds is 9. The van der Waals surface area contributed by atoms with E-state index in [2.05, 4.69) is 33.7 Å². The molecule has 6 nitrogen and oxygen atoms in total. The molecule has 0 unspecified atom stereocenters. The molecular weight excluding hydrogens is 342 g/mol. The number of hydrogen-bond acceptors (Lipinski definition) is 4. The van der Waals surface area contributed by atoms with Crippen LogP contribution in [0.5, 0.6) is 0 Å². The van der Waals surface area contributed by atoms with E-state index >= 15 is 0 Å². The molecule has 1 saturated heterocycles. The van der Waals surface area contributed by atoms with E-state index in [9.17, 15) is 9.59 Å². The molecule has 6 heteroatoms. The second-order valence-electron chi connectivity index (χ2n) is 6.87. The van der Waals surface area contributed by atoms with Crippen molar-refractivity contribution in [1.29, 1.82) is 0 Å². The van der Waals surface area contributed by atoms with Crippen molar-refractivity contribution in [3.8, 4) is 0 Å². The summed E-state index contributed by atoms with van der Waals surface area (Å²) in [5.41, 5.74) is 2.45. The summed E-state index contributed by atoms with van der Waals surface area (Å²) in [6.07, 6.45) is 4.98. The zero-order valence-corrected chi connectivity index (χ0v) is 15.6. The van der Waals surface area contributed by atoms with Crippen LogP contribution < -0.4 is 10.6 Å². The summed E-state index contributed by atoms with van der Waals surface area (Å²) < 4.78 is 5.02. The Labute approximate surface area is 159 Å². The van der Waals surface area contributed by atoms with Gasteiger partial charge in [-0.15, -0.1) is 0 Å². The van der Waals surface area contributed by atoms with Crippen LogP contribution in [0.4, 0.5) is 0 Å². The number of amides is 2. The van der Waals surface area contributed by atoms with E-state index in [1.807, 2.05) is 6.07 Å². The summed E-state index contributed by atoms with van der Waals surface area (Å²) in [4.78, 5) is 26.3. The molecule has 0 bridgehead atoms. The van der Waals surface area contributed by atoms with Crippen molar-refractivity contribution in [2.75, 3.05) is 19.6 Å². The highest BCUT2D eigenvalue weighted by Crippen LogP contribution is 2.16. The van der Waals surface area contributed by atoms with Gasteiger partial charge in [0.2, 0.25) is 5.91 Å². The molecule has 1 fully saturated rings. The molecule has 3 rings (SSSR count). The minimum absolute atomic E-state index is 0.00165. The van der Waals surface area contributed by atoms with Gasteiger partial charge in [-0.05, 0) is 55.6 Å². The Morgan fingerprint density at radius 2 is 1.78 bits per heavy atom. The van der Waals surface area contributed by atoms with Gasteiger partial charge in [0.15, 0.2) is 5.76 Å². The molecule has 0 spiro atoms. The molecule has 0 radical (unpaired) electrons. The van der Waals surface area contributed by atoms with Crippen LogP contribution in [0.25, 0.3) is 0 Å². The molecule has 0 saturated carbocycles. The predicted octanol–water partition coefficient (Wildman–Crippen LogP) is 2.70. The highest BCUT2D eigenvalue weighted by atomic mass is 16.3. The molecular formula is C21H27N3O3. The number of nitrogens with one attached hydrogen (secondary N) is 2. The van der Waals surface area contributed by atoms with Gasteiger partial charge in [0, 0.05) is 26.1 Å². The zero-order chi connectivity index (χ0) is 18.9. The Morgan fingerprint density at radius 1 is 1.00 bits per heavy atom. The molecule has 1 aliphatic heterocycles. The van der Waals surface area contributed by atoms with Gasteiger partial charge in [-0.25, -0.2) is 0 Å². The van der Waals surface area contributed by atoms with Crippen LogP contribution in [0.3, 0.4) is 0 Å². The molecule has 0 atom stereocenters. The molecule has 2 amide bonds. The summed E-state index contributed by atoms with van der Waals surface area (Å²) in [7, 11) is 0. The highest BCUT2D eigenvalue weighted by Gasteiger charge is 2.14. The van der Waals surface area contributed by atoms with Crippen molar-refractivity contribution in [1.82, 2.24) is 15.5 Å². The summed E-state index contributed by atoms with van der Waals surface area (Å²) in [5, 5.41) is 5.74. The Kier molecular flexibility index (Phi) is 7.04. The maximum absolute atomic E-state index is 12.1. The summed E-state index contributed by atoms with van der Waals surface area (Å²) in [5.74, 6) is 0.0310. The molecule has 2 heterocycles. The fourth-order valence-corrected chi connectivity index (χ4v) is 3.29. The second-order valence-corrected chi connectivity index (χ2v) is 6.87. The van der Waals surface area contributed by atoms with E-state index in [1.54, 1.807) is 12.1 Å². The van der Waals surface area contributed by atoms with Crippen molar-refractivity contribution < 1.29 is 14.0 Å². The first-order valence-electron chi connectivity index (χ1n) is 9.60. The second kappa shape index (κ2) is 9.92. The lowest BCUT2D eigenvalue weighted by Crippen LogP contribution is -2.27. The molecule has 1 aliphatic rings. The van der Waals surface area contributed by atoms with E-state index in [0.29, 0.717) is 25.9 Å². The third kappa shape index (κ3) is 5.96. The van der Waals surface area contributed by atoms with Crippen LogP contribution >= 0.6 is 0 Å². The molecule has 1 aromatic heterocycles. The number of furan rings is 1. The van der Waals surface area contributed by atoms with E-state index < -0.39 is 0 Å². The quantitative estimate of drug-likeness (QED) is 0.667. The first-order chi connectivity index (χ1) is 13.2. The van der Waals surface area contributed by atoms with Crippen molar-refractivity contribution in [2.45, 2.75) is 38.8 Å². The first-order valence-corrected chi connectivity index (χ1v) is 9.60. The summed E-state index contributed by atoms with van der Waals surface area (Å²) in [6, 6.07) is 11.6. The lowest BCUT2D eigenvalue weighted by Gasteiger charge is -2.17. The highest BCUT2D eigenvalue weighted by molar-refractivity contribution is 5.91. The fourth-order valence-electron chi connectivity index (χ4n) is 3.29. The number of carbonyl (C=O) groups is 2. The van der Waals surface area contributed by atoms with E-state index in [4.69, 9.17) is 4.42 Å². The average molecular weight is 369 g/mol. The van der Waals surface area contributed by atoms with Gasteiger partial charge < -0.3 is 15.1 Å². The van der Waals surface area contributed by atoms with Crippen LogP contribution in [0, 0.1) is 0 Å². The Morgan fingerprint density at radius 3 is 2.52 bits per heavy atom. The number of likely N-dealkylation sites (tertiary alicyclic amines) is 1. The van der Waals surface area contributed by atoms with Crippen molar-refractivity contribution >= 4 is 11.8 Å². The standard InChI is InChI=1S/C21H27N3O3/c25-20(10-5-11-22-21(26)19-9-6-14-27-19)23-15-17-7-1-2-8-18(17)16-24-12-3-4-13-24/h1-2,6-9,14H,3-5,10-13,15-16H2,(H,22,26)(H,23,25). The van der Waals surface area contributed by atoms with Crippen LogP contribution in [-0.2, 0) is 17.9 Å². The normalized spacial score (nSPS) is 14.2. The largest absolute Gasteiger partial charge is 0.459 e. The van der Waals surface area contributed by atoms with Crippen molar-refractivity contribution in [3.63, 3.8) is 0 Å². The van der Waals surface area contributed by atoms with Gasteiger partial charge in [-0.1, -0.05) is 24.3 Å². The third-order valence-corrected chi connectivity index (χ3v) is 4.80. The summed E-state index contributed by atoms with van der Waals surface area (Å²) in [6.45, 7) is 4.25. The number of benzene rings is 1. The lowest BCUT2D eigenvalue weighted by molar-refractivity contribution is -0.121. The van der Waals surface area contributed by atoms with Gasteiger partial charge in [0.05, 0.1) is 6.26 Å². The van der Waals surface area contributed by atoms with Crippen LogP contribution in [0.2, 0.25) is 0 Å². The number of carbonyl (C=O) groups excluding carboxylic acids is 2. The Balaban J connectivity index is 1.37. The SMILES string of the molecule is O=C(CCCNC(=O)c1ccco1)NCc1ccccc1CN1CCCC1. The Bertz CT molecular complexity index is 737. The predicted molar refractivity (Wildman–Crippen MR) is 103 cm³/mol. The van der Waals surface area contributed by atoms with Gasteiger partial charge in [0.25, 0.3) is 5.91 Å². The van der Waals surface area contributed by atoms with Gasteiger partial charge in [0.1, 0.15) is 0 Å². The van der Waals surface area contributed by atoms with Crippen LogP contribution in [0.1, 0.15) is 47.4 Å². The summed E-state index contributed by atoms with van der Waals surface area (Å²) >= 11 is 0. The molecule has 1 aromatic carbocycles. The molecule has 144 valence electrons.